The molecule has 1 fully saturated rings. The highest BCUT2D eigenvalue weighted by Gasteiger charge is 2.32. The van der Waals surface area contributed by atoms with E-state index in [0.717, 1.165) is 22.9 Å². The molecule has 17 heavy (non-hydrogen) atoms. The molecule has 1 amide bonds. The van der Waals surface area contributed by atoms with Gasteiger partial charge in [-0.15, -0.1) is 0 Å². The summed E-state index contributed by atoms with van der Waals surface area (Å²) in [6.07, 6.45) is 2.07. The highest BCUT2D eigenvalue weighted by atomic mass is 79.9. The average Bonchev–Trinajstić information content (AvgIpc) is 3.13. The van der Waals surface area contributed by atoms with E-state index in [9.17, 15) is 4.79 Å². The van der Waals surface area contributed by atoms with Crippen LogP contribution in [-0.2, 0) is 0 Å². The molecule has 0 aliphatic heterocycles. The van der Waals surface area contributed by atoms with Gasteiger partial charge in [0.1, 0.15) is 6.04 Å². The minimum atomic E-state index is -0.352. The summed E-state index contributed by atoms with van der Waals surface area (Å²) >= 11 is 3.40. The molecule has 2 rings (SSSR count). The molecule has 0 heterocycles. The summed E-state index contributed by atoms with van der Waals surface area (Å²) < 4.78 is 0.796. The minimum absolute atomic E-state index is 0.181. The largest absolute Gasteiger partial charge is 0.336 e. The molecule has 0 saturated heterocycles. The van der Waals surface area contributed by atoms with Crippen LogP contribution in [0.5, 0.6) is 0 Å². The van der Waals surface area contributed by atoms with Crippen molar-refractivity contribution in [2.45, 2.75) is 25.8 Å². The molecular formula is C13H13BrN2O. The highest BCUT2D eigenvalue weighted by molar-refractivity contribution is 9.10. The third-order valence-corrected chi connectivity index (χ3v) is 4.01. The number of nitrogens with zero attached hydrogens (tertiary/aromatic N) is 1. The molecule has 0 bridgehead atoms. The number of rotatable bonds is 3. The van der Waals surface area contributed by atoms with E-state index >= 15 is 0 Å². The van der Waals surface area contributed by atoms with Crippen LogP contribution in [0, 0.1) is 24.2 Å². The number of nitriles is 1. The van der Waals surface area contributed by atoms with Crippen molar-refractivity contribution < 1.29 is 4.79 Å². The molecule has 0 radical (unpaired) electrons. The lowest BCUT2D eigenvalue weighted by Gasteiger charge is -2.12. The zero-order chi connectivity index (χ0) is 12.4. The molecular weight excluding hydrogens is 280 g/mol. The summed E-state index contributed by atoms with van der Waals surface area (Å²) in [6, 6.07) is 7.33. The summed E-state index contributed by atoms with van der Waals surface area (Å²) in [6.45, 7) is 1.93. The lowest BCUT2D eigenvalue weighted by molar-refractivity contribution is 0.0941. The zero-order valence-electron chi connectivity index (χ0n) is 9.53. The number of carbonyl (C=O) groups excluding carboxylic acids is 1. The molecule has 88 valence electrons. The van der Waals surface area contributed by atoms with Crippen LogP contribution in [0.4, 0.5) is 0 Å². The molecule has 1 atom stereocenters. The number of benzene rings is 1. The fraction of sp³-hybridized carbons (Fsp3) is 0.385. The second-order valence-corrected chi connectivity index (χ2v) is 5.15. The molecule has 1 aliphatic carbocycles. The van der Waals surface area contributed by atoms with Crippen LogP contribution < -0.4 is 5.32 Å². The van der Waals surface area contributed by atoms with Crippen LogP contribution in [0.25, 0.3) is 0 Å². The SMILES string of the molecule is Cc1cccc(C(=O)NC(C#N)C2CC2)c1Br. The number of hydrogen-bond donors (Lipinski definition) is 1. The van der Waals surface area contributed by atoms with E-state index in [-0.39, 0.29) is 11.9 Å². The van der Waals surface area contributed by atoms with Crippen LogP contribution >= 0.6 is 15.9 Å². The number of amides is 1. The quantitative estimate of drug-likeness (QED) is 0.931. The van der Waals surface area contributed by atoms with Gasteiger partial charge in [-0.1, -0.05) is 12.1 Å². The van der Waals surface area contributed by atoms with Gasteiger partial charge in [0.25, 0.3) is 5.91 Å². The van der Waals surface area contributed by atoms with Gasteiger partial charge in [0.05, 0.1) is 11.6 Å². The molecule has 1 saturated carbocycles. The molecule has 1 aromatic rings. The molecule has 3 nitrogen and oxygen atoms in total. The maximum Gasteiger partial charge on any atom is 0.253 e. The van der Waals surface area contributed by atoms with E-state index in [1.54, 1.807) is 6.07 Å². The normalized spacial score (nSPS) is 16.1. The molecule has 0 spiro atoms. The van der Waals surface area contributed by atoms with Crippen LogP contribution in [0.1, 0.15) is 28.8 Å². The van der Waals surface area contributed by atoms with E-state index in [0.29, 0.717) is 11.5 Å². The van der Waals surface area contributed by atoms with Crippen molar-refractivity contribution in [1.82, 2.24) is 5.32 Å². The number of carbonyl (C=O) groups is 1. The predicted molar refractivity (Wildman–Crippen MR) is 68.5 cm³/mol. The van der Waals surface area contributed by atoms with Crippen molar-refractivity contribution in [3.63, 3.8) is 0 Å². The summed E-state index contributed by atoms with van der Waals surface area (Å²) in [5, 5.41) is 11.8. The van der Waals surface area contributed by atoms with E-state index in [1.807, 2.05) is 19.1 Å². The van der Waals surface area contributed by atoms with Crippen molar-refractivity contribution in [3.8, 4) is 6.07 Å². The van der Waals surface area contributed by atoms with Crippen LogP contribution in [0.3, 0.4) is 0 Å². The van der Waals surface area contributed by atoms with E-state index in [4.69, 9.17) is 5.26 Å². The van der Waals surface area contributed by atoms with Crippen molar-refractivity contribution in [3.05, 3.63) is 33.8 Å². The Labute approximate surface area is 109 Å². The van der Waals surface area contributed by atoms with Gasteiger partial charge in [-0.2, -0.15) is 5.26 Å². The van der Waals surface area contributed by atoms with Crippen molar-refractivity contribution in [1.29, 1.82) is 5.26 Å². The van der Waals surface area contributed by atoms with Gasteiger partial charge in [-0.25, -0.2) is 0 Å². The molecule has 1 aliphatic rings. The molecule has 1 unspecified atom stereocenters. The topological polar surface area (TPSA) is 52.9 Å². The van der Waals surface area contributed by atoms with Gasteiger partial charge in [0.2, 0.25) is 0 Å². The van der Waals surface area contributed by atoms with Crippen LogP contribution in [0.2, 0.25) is 0 Å². The first-order valence-corrected chi connectivity index (χ1v) is 6.38. The van der Waals surface area contributed by atoms with Gasteiger partial charge < -0.3 is 5.32 Å². The maximum absolute atomic E-state index is 12.0. The lowest BCUT2D eigenvalue weighted by Crippen LogP contribution is -2.35. The first-order valence-electron chi connectivity index (χ1n) is 5.59. The Hall–Kier alpha value is -1.34. The second kappa shape index (κ2) is 4.89. The lowest BCUT2D eigenvalue weighted by atomic mass is 10.1. The van der Waals surface area contributed by atoms with Crippen molar-refractivity contribution in [2.75, 3.05) is 0 Å². The Balaban J connectivity index is 2.14. The van der Waals surface area contributed by atoms with Gasteiger partial charge in [0.15, 0.2) is 0 Å². The van der Waals surface area contributed by atoms with E-state index < -0.39 is 0 Å². The first kappa shape index (κ1) is 12.1. The Kier molecular flexibility index (Phi) is 3.49. The fourth-order valence-electron chi connectivity index (χ4n) is 1.73. The fourth-order valence-corrected chi connectivity index (χ4v) is 2.17. The molecule has 0 aromatic heterocycles. The van der Waals surface area contributed by atoms with Gasteiger partial charge in [-0.3, -0.25) is 4.79 Å². The summed E-state index contributed by atoms with van der Waals surface area (Å²) in [5.41, 5.74) is 1.60. The van der Waals surface area contributed by atoms with E-state index in [2.05, 4.69) is 27.3 Å². The molecule has 1 N–H and O–H groups in total. The predicted octanol–water partition coefficient (Wildman–Crippen LogP) is 2.79. The van der Waals surface area contributed by atoms with Gasteiger partial charge in [0, 0.05) is 4.47 Å². The zero-order valence-corrected chi connectivity index (χ0v) is 11.1. The standard InChI is InChI=1S/C13H13BrN2O/c1-8-3-2-4-10(12(8)14)13(17)16-11(7-15)9-5-6-9/h2-4,9,11H,5-6H2,1H3,(H,16,17). The Morgan fingerprint density at radius 1 is 1.59 bits per heavy atom. The Morgan fingerprint density at radius 2 is 2.29 bits per heavy atom. The Bertz CT molecular complexity index is 489. The number of aryl methyl sites for hydroxylation is 1. The smallest absolute Gasteiger partial charge is 0.253 e. The van der Waals surface area contributed by atoms with E-state index in [1.165, 1.54) is 0 Å². The summed E-state index contributed by atoms with van der Waals surface area (Å²) in [4.78, 5) is 12.0. The second-order valence-electron chi connectivity index (χ2n) is 4.35. The third-order valence-electron chi connectivity index (χ3n) is 2.96. The van der Waals surface area contributed by atoms with Crippen molar-refractivity contribution >= 4 is 21.8 Å². The highest BCUT2D eigenvalue weighted by Crippen LogP contribution is 2.32. The minimum Gasteiger partial charge on any atom is -0.336 e. The Morgan fingerprint density at radius 3 is 2.88 bits per heavy atom. The molecule has 4 heteroatoms. The number of hydrogen-bond acceptors (Lipinski definition) is 2. The average molecular weight is 293 g/mol. The molecule has 1 aromatic carbocycles. The van der Waals surface area contributed by atoms with Crippen LogP contribution in [-0.4, -0.2) is 11.9 Å². The third kappa shape index (κ3) is 2.67. The van der Waals surface area contributed by atoms with Gasteiger partial charge >= 0.3 is 0 Å². The summed E-state index contributed by atoms with van der Waals surface area (Å²) in [5.74, 6) is 0.159. The van der Waals surface area contributed by atoms with Crippen molar-refractivity contribution in [2.24, 2.45) is 5.92 Å². The monoisotopic (exact) mass is 292 g/mol. The van der Waals surface area contributed by atoms with Gasteiger partial charge in [-0.05, 0) is 53.2 Å². The number of nitrogens with one attached hydrogen (secondary N) is 1. The maximum atomic E-state index is 12.0. The first-order chi connectivity index (χ1) is 8.13. The summed E-state index contributed by atoms with van der Waals surface area (Å²) in [7, 11) is 0. The van der Waals surface area contributed by atoms with Crippen LogP contribution in [0.15, 0.2) is 22.7 Å². The number of halogens is 1.